The van der Waals surface area contributed by atoms with Crippen LogP contribution in [0.2, 0.25) is 5.02 Å². The standard InChI is InChI=1S/C36H45ClN6O4/c1-35(9-10-35)22-47-34(45)43-17-15-42(16-18-43)32-27-7-6-25(37)20-29(27)28(19-24-5-4-13-39-31(24)32)26(30-21-38-23-41(30)2)8-14-40-33(44)36(46-3)11-12-36/h4-7,13,19-21,23,26,31-32,39H,8-12,14-18,22H2,1-3H3,(H,40,44)/t26-,31?,32+/m1/s1. The van der Waals surface area contributed by atoms with E-state index in [-0.39, 0.29) is 35.4 Å². The van der Waals surface area contributed by atoms with Gasteiger partial charge in [0.2, 0.25) is 0 Å². The number of carbonyl (C=O) groups excluding carboxylic acids is 2. The number of hydrogen-bond acceptors (Lipinski definition) is 7. The van der Waals surface area contributed by atoms with Crippen molar-refractivity contribution in [2.24, 2.45) is 12.5 Å². The monoisotopic (exact) mass is 660 g/mol. The van der Waals surface area contributed by atoms with Gasteiger partial charge in [-0.15, -0.1) is 0 Å². The first-order valence-electron chi connectivity index (χ1n) is 16.8. The van der Waals surface area contributed by atoms with Crippen molar-refractivity contribution in [2.45, 2.75) is 62.6 Å². The van der Waals surface area contributed by atoms with E-state index in [2.05, 4.69) is 56.3 Å². The Balaban J connectivity index is 1.18. The SMILES string of the molecule is COC1(C(=O)NCC[C@H](C2=CC3=CC=CNC3[C@@H](N3CCN(C(=O)OCC4(C)CC4)CC3)c3ccc(Cl)cc32)c2cncn2C)CC1. The molecule has 0 radical (unpaired) electrons. The minimum Gasteiger partial charge on any atom is -0.449 e. The molecule has 3 heterocycles. The number of benzene rings is 1. The van der Waals surface area contributed by atoms with Crippen LogP contribution in [0.3, 0.4) is 0 Å². The van der Waals surface area contributed by atoms with E-state index in [4.69, 9.17) is 21.1 Å². The summed E-state index contributed by atoms with van der Waals surface area (Å²) in [4.78, 5) is 34.7. The largest absolute Gasteiger partial charge is 0.449 e. The summed E-state index contributed by atoms with van der Waals surface area (Å²) in [6.45, 7) is 5.83. The fraction of sp³-hybridized carbons (Fsp3) is 0.528. The molecule has 11 heteroatoms. The molecule has 3 atom stereocenters. The lowest BCUT2D eigenvalue weighted by atomic mass is 9.84. The Bertz CT molecular complexity index is 1610. The highest BCUT2D eigenvalue weighted by molar-refractivity contribution is 6.30. The number of hydrogen-bond donors (Lipinski definition) is 2. The third-order valence-corrected chi connectivity index (χ3v) is 11.0. The molecule has 2 aliphatic heterocycles. The summed E-state index contributed by atoms with van der Waals surface area (Å²) in [7, 11) is 3.62. The molecule has 2 saturated carbocycles. The van der Waals surface area contributed by atoms with Gasteiger partial charge in [0.25, 0.3) is 5.91 Å². The second-order valence-corrected chi connectivity index (χ2v) is 14.5. The fourth-order valence-corrected chi connectivity index (χ4v) is 7.43. The van der Waals surface area contributed by atoms with E-state index in [9.17, 15) is 9.59 Å². The highest BCUT2D eigenvalue weighted by Crippen LogP contribution is 2.47. The van der Waals surface area contributed by atoms with Gasteiger partial charge in [0, 0.05) is 75.1 Å². The number of fused-ring (bicyclic) bond motifs is 2. The molecule has 0 bridgehead atoms. The number of amides is 2. The number of piperazine rings is 1. The quantitative estimate of drug-likeness (QED) is 0.372. The zero-order valence-corrected chi connectivity index (χ0v) is 28.3. The second-order valence-electron chi connectivity index (χ2n) is 14.1. The maximum absolute atomic E-state index is 13.0. The summed E-state index contributed by atoms with van der Waals surface area (Å²) >= 11 is 6.75. The normalized spacial score (nSPS) is 24.5. The van der Waals surface area contributed by atoms with Gasteiger partial charge in [0.1, 0.15) is 5.60 Å². The number of rotatable bonds is 10. The van der Waals surface area contributed by atoms with Gasteiger partial charge < -0.3 is 29.6 Å². The second kappa shape index (κ2) is 12.8. The maximum atomic E-state index is 13.0. The van der Waals surface area contributed by atoms with Crippen molar-refractivity contribution in [2.75, 3.05) is 46.4 Å². The average molecular weight is 661 g/mol. The summed E-state index contributed by atoms with van der Waals surface area (Å²) in [6, 6.07) is 6.21. The van der Waals surface area contributed by atoms with E-state index in [0.29, 0.717) is 37.7 Å². The zero-order chi connectivity index (χ0) is 32.8. The summed E-state index contributed by atoms with van der Waals surface area (Å²) in [5, 5.41) is 7.50. The molecule has 3 aliphatic carbocycles. The molecule has 47 heavy (non-hydrogen) atoms. The number of nitrogens with zero attached hydrogens (tertiary/aromatic N) is 4. The molecular weight excluding hydrogens is 616 g/mol. The fourth-order valence-electron chi connectivity index (χ4n) is 7.26. The molecule has 1 aromatic carbocycles. The molecule has 250 valence electrons. The van der Waals surface area contributed by atoms with Crippen LogP contribution >= 0.6 is 11.6 Å². The number of imidazole rings is 1. The molecule has 1 aromatic heterocycles. The Morgan fingerprint density at radius 3 is 2.64 bits per heavy atom. The van der Waals surface area contributed by atoms with Gasteiger partial charge in [-0.2, -0.15) is 0 Å². The van der Waals surface area contributed by atoms with Crippen molar-refractivity contribution in [3.05, 3.63) is 82.6 Å². The van der Waals surface area contributed by atoms with Crippen LogP contribution in [-0.2, 0) is 21.3 Å². The summed E-state index contributed by atoms with van der Waals surface area (Å²) < 4.78 is 13.3. The lowest BCUT2D eigenvalue weighted by Crippen LogP contribution is -2.53. The Kier molecular flexibility index (Phi) is 8.70. The minimum atomic E-state index is -0.675. The van der Waals surface area contributed by atoms with E-state index in [0.717, 1.165) is 55.6 Å². The third kappa shape index (κ3) is 6.47. The highest BCUT2D eigenvalue weighted by Gasteiger charge is 2.50. The summed E-state index contributed by atoms with van der Waals surface area (Å²) in [5.74, 6) is -0.111. The number of allylic oxidation sites excluding steroid dienone is 3. The Hall–Kier alpha value is -3.60. The van der Waals surface area contributed by atoms with Gasteiger partial charge in [0.15, 0.2) is 0 Å². The zero-order valence-electron chi connectivity index (χ0n) is 27.5. The number of aryl methyl sites for hydroxylation is 1. The first-order chi connectivity index (χ1) is 22.7. The first kappa shape index (κ1) is 32.0. The lowest BCUT2D eigenvalue weighted by Gasteiger charge is -2.43. The van der Waals surface area contributed by atoms with Gasteiger partial charge in [0.05, 0.1) is 25.0 Å². The minimum absolute atomic E-state index is 0.000852. The molecule has 2 amide bonds. The van der Waals surface area contributed by atoms with E-state index < -0.39 is 5.60 Å². The smallest absolute Gasteiger partial charge is 0.409 e. The molecular formula is C36H45ClN6O4. The molecule has 1 saturated heterocycles. The maximum Gasteiger partial charge on any atom is 0.409 e. The number of dihydropyridines is 1. The van der Waals surface area contributed by atoms with Crippen LogP contribution in [0.15, 0.2) is 60.7 Å². The first-order valence-corrected chi connectivity index (χ1v) is 17.2. The Morgan fingerprint density at radius 1 is 1.17 bits per heavy atom. The van der Waals surface area contributed by atoms with Crippen LogP contribution in [0.4, 0.5) is 4.79 Å². The van der Waals surface area contributed by atoms with Gasteiger partial charge in [-0.05, 0) is 78.8 Å². The van der Waals surface area contributed by atoms with E-state index in [1.807, 2.05) is 42.8 Å². The van der Waals surface area contributed by atoms with Gasteiger partial charge >= 0.3 is 6.09 Å². The van der Waals surface area contributed by atoms with E-state index in [1.54, 1.807) is 7.11 Å². The van der Waals surface area contributed by atoms with Gasteiger partial charge in [-0.1, -0.05) is 36.7 Å². The van der Waals surface area contributed by atoms with Crippen LogP contribution < -0.4 is 10.6 Å². The van der Waals surface area contributed by atoms with Crippen LogP contribution in [0, 0.1) is 5.41 Å². The Morgan fingerprint density at radius 2 is 1.96 bits per heavy atom. The number of nitrogens with one attached hydrogen (secondary N) is 2. The predicted molar refractivity (Wildman–Crippen MR) is 181 cm³/mol. The van der Waals surface area contributed by atoms with Crippen molar-refractivity contribution in [1.82, 2.24) is 30.0 Å². The van der Waals surface area contributed by atoms with Crippen molar-refractivity contribution in [3.8, 4) is 0 Å². The average Bonchev–Trinajstić information content (AvgIpc) is 4.00. The molecule has 3 fully saturated rings. The molecule has 5 aliphatic rings. The highest BCUT2D eigenvalue weighted by atomic mass is 35.5. The van der Waals surface area contributed by atoms with Crippen molar-refractivity contribution in [1.29, 1.82) is 0 Å². The number of methoxy groups -OCH3 is 1. The Labute approximate surface area is 281 Å². The molecule has 2 aromatic rings. The van der Waals surface area contributed by atoms with E-state index in [1.165, 1.54) is 11.1 Å². The predicted octanol–water partition coefficient (Wildman–Crippen LogP) is 4.95. The lowest BCUT2D eigenvalue weighted by molar-refractivity contribution is -0.133. The van der Waals surface area contributed by atoms with Crippen molar-refractivity contribution in [3.63, 3.8) is 0 Å². The summed E-state index contributed by atoms with van der Waals surface area (Å²) in [5.41, 5.74) is 5.14. The van der Waals surface area contributed by atoms with Crippen LogP contribution in [0.5, 0.6) is 0 Å². The number of halogens is 1. The van der Waals surface area contributed by atoms with Crippen LogP contribution in [0.25, 0.3) is 5.57 Å². The van der Waals surface area contributed by atoms with Crippen molar-refractivity contribution >= 4 is 29.2 Å². The van der Waals surface area contributed by atoms with E-state index >= 15 is 0 Å². The molecule has 10 nitrogen and oxygen atoms in total. The molecule has 2 N–H and O–H groups in total. The number of aromatic nitrogens is 2. The topological polar surface area (TPSA) is 101 Å². The molecule has 1 unspecified atom stereocenters. The summed E-state index contributed by atoms with van der Waals surface area (Å²) in [6.07, 6.45) is 16.5. The number of ether oxygens (including phenoxy) is 2. The molecule has 7 rings (SSSR count). The van der Waals surface area contributed by atoms with Crippen molar-refractivity contribution < 1.29 is 19.1 Å². The number of carbonyl (C=O) groups is 2. The molecule has 0 spiro atoms. The van der Waals surface area contributed by atoms with Gasteiger partial charge in [-0.25, -0.2) is 9.78 Å². The van der Waals surface area contributed by atoms with Crippen LogP contribution in [-0.4, -0.2) is 89.4 Å². The van der Waals surface area contributed by atoms with Gasteiger partial charge in [-0.3, -0.25) is 9.69 Å². The third-order valence-electron chi connectivity index (χ3n) is 10.7. The van der Waals surface area contributed by atoms with Crippen LogP contribution in [0.1, 0.15) is 67.8 Å².